The van der Waals surface area contributed by atoms with Gasteiger partial charge in [-0.2, -0.15) is 4.31 Å². The van der Waals surface area contributed by atoms with Gasteiger partial charge in [0.15, 0.2) is 0 Å². The topological polar surface area (TPSA) is 49.4 Å². The van der Waals surface area contributed by atoms with Crippen LogP contribution in [0.4, 0.5) is 0 Å². The Kier molecular flexibility index (Phi) is 8.24. The summed E-state index contributed by atoms with van der Waals surface area (Å²) in [5, 5.41) is 3.37. The lowest BCUT2D eigenvalue weighted by molar-refractivity contribution is 0.301. The molecule has 0 heterocycles. The third-order valence-electron chi connectivity index (χ3n) is 6.22. The molecule has 1 N–H and O–H groups in total. The van der Waals surface area contributed by atoms with Crippen molar-refractivity contribution in [1.82, 2.24) is 9.62 Å². The van der Waals surface area contributed by atoms with Crippen molar-refractivity contribution >= 4 is 10.0 Å². The van der Waals surface area contributed by atoms with E-state index < -0.39 is 10.0 Å². The Bertz CT molecular complexity index is 1080. The molecule has 0 bridgehead atoms. The summed E-state index contributed by atoms with van der Waals surface area (Å²) in [6.07, 6.45) is 1.63. The van der Waals surface area contributed by atoms with E-state index in [0.717, 1.165) is 40.7 Å². The van der Waals surface area contributed by atoms with Crippen molar-refractivity contribution in [3.63, 3.8) is 0 Å². The molecule has 0 aliphatic heterocycles. The zero-order valence-corrected chi connectivity index (χ0v) is 20.3. The van der Waals surface area contributed by atoms with Crippen LogP contribution in [0.1, 0.15) is 53.7 Å². The number of likely N-dealkylation sites (N-methyl/N-ethyl adjacent to an activating group) is 2. The maximum atomic E-state index is 13.8. The van der Waals surface area contributed by atoms with Crippen LogP contribution in [-0.2, 0) is 28.6 Å². The largest absolute Gasteiger partial charge is 0.311 e. The fourth-order valence-electron chi connectivity index (χ4n) is 4.42. The fourth-order valence-corrected chi connectivity index (χ4v) is 5.95. The summed E-state index contributed by atoms with van der Waals surface area (Å²) in [4.78, 5) is 0. The van der Waals surface area contributed by atoms with Gasteiger partial charge in [-0.3, -0.25) is 0 Å². The number of nitrogens with zero attached hydrogens (tertiary/aromatic N) is 1. The molecule has 3 aromatic rings. The predicted octanol–water partition coefficient (Wildman–Crippen LogP) is 5.28. The molecule has 4 nitrogen and oxygen atoms in total. The van der Waals surface area contributed by atoms with Gasteiger partial charge in [0.2, 0.25) is 10.0 Å². The molecule has 0 spiro atoms. The van der Waals surface area contributed by atoms with Gasteiger partial charge in [0.25, 0.3) is 0 Å². The summed E-state index contributed by atoms with van der Waals surface area (Å²) >= 11 is 0. The lowest BCUT2D eigenvalue weighted by Gasteiger charge is -2.35. The van der Waals surface area contributed by atoms with Gasteiger partial charge in [-0.1, -0.05) is 92.7 Å². The first-order chi connectivity index (χ1) is 15.4. The predicted molar refractivity (Wildman–Crippen MR) is 133 cm³/mol. The Morgan fingerprint density at radius 3 is 1.75 bits per heavy atom. The SMILES string of the molecule is CCc1cccc(CC)c1CS(=O)(=O)N(C)C(c1ccccc1)C(NC)c1ccccc1. The molecule has 0 aromatic heterocycles. The summed E-state index contributed by atoms with van der Waals surface area (Å²) in [6.45, 7) is 4.15. The molecule has 0 amide bonds. The van der Waals surface area contributed by atoms with Crippen LogP contribution < -0.4 is 5.32 Å². The molecule has 0 saturated carbocycles. The van der Waals surface area contributed by atoms with Crippen LogP contribution >= 0.6 is 0 Å². The van der Waals surface area contributed by atoms with E-state index >= 15 is 0 Å². The highest BCUT2D eigenvalue weighted by Gasteiger charge is 2.34. The molecule has 170 valence electrons. The second-order valence-electron chi connectivity index (χ2n) is 8.07. The highest BCUT2D eigenvalue weighted by Crippen LogP contribution is 2.36. The van der Waals surface area contributed by atoms with Crippen molar-refractivity contribution < 1.29 is 8.42 Å². The molecule has 0 aliphatic carbocycles. The van der Waals surface area contributed by atoms with Crippen molar-refractivity contribution in [2.75, 3.05) is 14.1 Å². The molecule has 0 radical (unpaired) electrons. The lowest BCUT2D eigenvalue weighted by Crippen LogP contribution is -2.39. The molecule has 0 fully saturated rings. The van der Waals surface area contributed by atoms with Gasteiger partial charge in [-0.15, -0.1) is 0 Å². The standard InChI is InChI=1S/C27H34N2O2S/c1-5-21-18-13-19-22(6-2)25(21)20-32(30,31)29(4)27(24-16-11-8-12-17-24)26(28-3)23-14-9-7-10-15-23/h7-19,26-28H,5-6,20H2,1-4H3. The average molecular weight is 451 g/mol. The van der Waals surface area contributed by atoms with Gasteiger partial charge in [-0.25, -0.2) is 8.42 Å². The second kappa shape index (κ2) is 10.9. The van der Waals surface area contributed by atoms with Gasteiger partial charge < -0.3 is 5.32 Å². The number of hydrogen-bond acceptors (Lipinski definition) is 3. The molecule has 32 heavy (non-hydrogen) atoms. The van der Waals surface area contributed by atoms with Crippen molar-refractivity contribution in [2.24, 2.45) is 0 Å². The summed E-state index contributed by atoms with van der Waals surface area (Å²) < 4.78 is 29.2. The third-order valence-corrected chi connectivity index (χ3v) is 7.97. The molecule has 3 rings (SSSR count). The number of sulfonamides is 1. The van der Waals surface area contributed by atoms with E-state index in [4.69, 9.17) is 0 Å². The zero-order chi connectivity index (χ0) is 23.1. The minimum atomic E-state index is -3.60. The van der Waals surface area contributed by atoms with E-state index in [1.165, 1.54) is 0 Å². The number of hydrogen-bond donors (Lipinski definition) is 1. The first-order valence-corrected chi connectivity index (χ1v) is 12.9. The van der Waals surface area contributed by atoms with Gasteiger partial charge in [-0.05, 0) is 47.7 Å². The normalized spacial score (nSPS) is 13.8. The van der Waals surface area contributed by atoms with Crippen LogP contribution in [-0.4, -0.2) is 26.8 Å². The Balaban J connectivity index is 2.06. The van der Waals surface area contributed by atoms with Crippen LogP contribution in [0.15, 0.2) is 78.9 Å². The van der Waals surface area contributed by atoms with Crippen LogP contribution in [0.2, 0.25) is 0 Å². The van der Waals surface area contributed by atoms with Gasteiger partial charge in [0.1, 0.15) is 0 Å². The Hall–Kier alpha value is -2.47. The second-order valence-corrected chi connectivity index (χ2v) is 10.1. The van der Waals surface area contributed by atoms with Gasteiger partial charge in [0.05, 0.1) is 17.8 Å². The Morgan fingerprint density at radius 2 is 1.28 bits per heavy atom. The quantitative estimate of drug-likeness (QED) is 0.457. The van der Waals surface area contributed by atoms with E-state index in [0.29, 0.717) is 0 Å². The average Bonchev–Trinajstić information content (AvgIpc) is 2.83. The van der Waals surface area contributed by atoms with E-state index in [1.807, 2.05) is 85.9 Å². The summed E-state index contributed by atoms with van der Waals surface area (Å²) in [7, 11) is -0.00231. The highest BCUT2D eigenvalue weighted by molar-refractivity contribution is 7.88. The minimum absolute atomic E-state index is 0.00520. The zero-order valence-electron chi connectivity index (χ0n) is 19.5. The highest BCUT2D eigenvalue weighted by atomic mass is 32.2. The molecule has 3 aromatic carbocycles. The molecule has 0 aliphatic rings. The smallest absolute Gasteiger partial charge is 0.218 e. The Morgan fingerprint density at radius 1 is 0.781 bits per heavy atom. The van der Waals surface area contributed by atoms with Crippen molar-refractivity contribution in [1.29, 1.82) is 0 Å². The molecule has 0 saturated heterocycles. The number of benzene rings is 3. The third kappa shape index (κ3) is 5.29. The van der Waals surface area contributed by atoms with Crippen LogP contribution in [0.3, 0.4) is 0 Å². The van der Waals surface area contributed by atoms with Gasteiger partial charge >= 0.3 is 0 Å². The molecule has 5 heteroatoms. The molecular formula is C27H34N2O2S. The van der Waals surface area contributed by atoms with Crippen molar-refractivity contribution in [3.05, 3.63) is 107 Å². The fraction of sp³-hybridized carbons (Fsp3) is 0.333. The molecular weight excluding hydrogens is 416 g/mol. The summed E-state index contributed by atoms with van der Waals surface area (Å²) in [5.74, 6) is 0.00520. The van der Waals surface area contributed by atoms with Crippen molar-refractivity contribution in [2.45, 2.75) is 44.5 Å². The number of aryl methyl sites for hydroxylation is 2. The molecule has 2 unspecified atom stereocenters. The summed E-state index contributed by atoms with van der Waals surface area (Å²) in [5.41, 5.74) is 5.16. The maximum absolute atomic E-state index is 13.8. The van der Waals surface area contributed by atoms with Crippen LogP contribution in [0.25, 0.3) is 0 Å². The first-order valence-electron chi connectivity index (χ1n) is 11.2. The van der Waals surface area contributed by atoms with E-state index in [2.05, 4.69) is 19.2 Å². The van der Waals surface area contributed by atoms with E-state index in [1.54, 1.807) is 11.4 Å². The van der Waals surface area contributed by atoms with Crippen LogP contribution in [0.5, 0.6) is 0 Å². The van der Waals surface area contributed by atoms with Gasteiger partial charge in [0, 0.05) is 7.05 Å². The number of nitrogens with one attached hydrogen (secondary N) is 1. The summed E-state index contributed by atoms with van der Waals surface area (Å²) in [6, 6.07) is 25.4. The van der Waals surface area contributed by atoms with Crippen LogP contribution in [0, 0.1) is 0 Å². The van der Waals surface area contributed by atoms with E-state index in [9.17, 15) is 8.42 Å². The van der Waals surface area contributed by atoms with E-state index in [-0.39, 0.29) is 17.8 Å². The minimum Gasteiger partial charge on any atom is -0.311 e. The Labute approximate surface area is 193 Å². The maximum Gasteiger partial charge on any atom is 0.218 e. The lowest BCUT2D eigenvalue weighted by atomic mass is 9.93. The number of rotatable bonds is 10. The molecule has 2 atom stereocenters. The van der Waals surface area contributed by atoms with Crippen molar-refractivity contribution in [3.8, 4) is 0 Å². The first kappa shape index (κ1) is 24.2. The monoisotopic (exact) mass is 450 g/mol.